The molecule has 2 rings (SSSR count). The van der Waals surface area contributed by atoms with Crippen molar-refractivity contribution in [3.05, 3.63) is 53.9 Å². The van der Waals surface area contributed by atoms with Gasteiger partial charge in [-0.3, -0.25) is 4.98 Å². The number of ether oxygens (including phenoxy) is 1. The Morgan fingerprint density at radius 3 is 2.89 bits per heavy atom. The maximum atomic E-state index is 11.4. The average molecular weight is 275 g/mol. The number of esters is 1. The van der Waals surface area contributed by atoms with Gasteiger partial charge in [0.05, 0.1) is 19.3 Å². The molecular formula is C14H13NO3S. The third-order valence-corrected chi connectivity index (χ3v) is 3.39. The predicted molar refractivity (Wildman–Crippen MR) is 72.1 cm³/mol. The second kappa shape index (κ2) is 6.36. The van der Waals surface area contributed by atoms with E-state index in [1.54, 1.807) is 30.6 Å². The minimum Gasteiger partial charge on any atom is -0.465 e. The lowest BCUT2D eigenvalue weighted by molar-refractivity contribution is 0.0600. The minimum absolute atomic E-state index is 0.0381. The van der Waals surface area contributed by atoms with E-state index in [4.69, 9.17) is 5.11 Å². The first-order chi connectivity index (χ1) is 9.22. The Labute approximate surface area is 115 Å². The molecule has 1 aromatic carbocycles. The Hall–Kier alpha value is -1.85. The molecule has 0 fully saturated rings. The summed E-state index contributed by atoms with van der Waals surface area (Å²) in [4.78, 5) is 17.3. The van der Waals surface area contributed by atoms with Gasteiger partial charge in [-0.25, -0.2) is 4.79 Å². The van der Waals surface area contributed by atoms with Crippen molar-refractivity contribution in [2.45, 2.75) is 16.4 Å². The van der Waals surface area contributed by atoms with Crippen molar-refractivity contribution in [2.24, 2.45) is 0 Å². The monoisotopic (exact) mass is 275 g/mol. The number of benzene rings is 1. The standard InChI is InChI=1S/C14H13NO3S/c1-18-14(17)11-3-2-4-12(6-11)19-13-5-10(9-16)7-15-8-13/h2-8,16H,9H2,1H3. The number of methoxy groups -OCH3 is 1. The summed E-state index contributed by atoms with van der Waals surface area (Å²) in [6.45, 7) is -0.0381. The van der Waals surface area contributed by atoms with E-state index in [-0.39, 0.29) is 12.6 Å². The molecule has 0 amide bonds. The molecule has 0 aliphatic rings. The summed E-state index contributed by atoms with van der Waals surface area (Å²) in [5.74, 6) is -0.357. The fourth-order valence-electron chi connectivity index (χ4n) is 1.55. The molecule has 1 aromatic heterocycles. The van der Waals surface area contributed by atoms with Gasteiger partial charge in [-0.05, 0) is 29.8 Å². The molecule has 0 aliphatic heterocycles. The summed E-state index contributed by atoms with van der Waals surface area (Å²) in [7, 11) is 1.36. The van der Waals surface area contributed by atoms with Gasteiger partial charge in [-0.1, -0.05) is 17.8 Å². The van der Waals surface area contributed by atoms with Crippen LogP contribution in [0.2, 0.25) is 0 Å². The topological polar surface area (TPSA) is 59.4 Å². The maximum Gasteiger partial charge on any atom is 0.337 e. The Morgan fingerprint density at radius 2 is 2.16 bits per heavy atom. The van der Waals surface area contributed by atoms with Gasteiger partial charge in [0.15, 0.2) is 0 Å². The van der Waals surface area contributed by atoms with Gasteiger partial charge in [0.2, 0.25) is 0 Å². The van der Waals surface area contributed by atoms with Gasteiger partial charge in [0, 0.05) is 22.2 Å². The molecule has 5 heteroatoms. The molecule has 0 unspecified atom stereocenters. The van der Waals surface area contributed by atoms with Crippen LogP contribution in [0.15, 0.2) is 52.5 Å². The molecule has 0 atom stereocenters. The van der Waals surface area contributed by atoms with E-state index in [1.807, 2.05) is 12.1 Å². The van der Waals surface area contributed by atoms with Gasteiger partial charge in [0.25, 0.3) is 0 Å². The first-order valence-corrected chi connectivity index (χ1v) is 6.45. The zero-order valence-electron chi connectivity index (χ0n) is 10.4. The van der Waals surface area contributed by atoms with Crippen molar-refractivity contribution in [1.29, 1.82) is 0 Å². The molecule has 0 saturated carbocycles. The first-order valence-electron chi connectivity index (χ1n) is 5.64. The fraction of sp³-hybridized carbons (Fsp3) is 0.143. The van der Waals surface area contributed by atoms with E-state index in [2.05, 4.69) is 9.72 Å². The molecule has 2 aromatic rings. The Balaban J connectivity index is 2.20. The normalized spacial score (nSPS) is 10.2. The first kappa shape index (κ1) is 13.6. The molecule has 0 aliphatic carbocycles. The molecule has 1 N–H and O–H groups in total. The van der Waals surface area contributed by atoms with Crippen LogP contribution < -0.4 is 0 Å². The summed E-state index contributed by atoms with van der Waals surface area (Å²) in [6, 6.07) is 9.05. The Bertz CT molecular complexity index is 586. The van der Waals surface area contributed by atoms with E-state index in [0.29, 0.717) is 5.56 Å². The van der Waals surface area contributed by atoms with E-state index in [9.17, 15) is 4.79 Å². The summed E-state index contributed by atoms with van der Waals surface area (Å²) in [5.41, 5.74) is 1.27. The third-order valence-electron chi connectivity index (χ3n) is 2.44. The van der Waals surface area contributed by atoms with Crippen LogP contribution in [-0.4, -0.2) is 23.2 Å². The molecule has 0 bridgehead atoms. The molecule has 98 valence electrons. The number of aliphatic hydroxyl groups excluding tert-OH is 1. The summed E-state index contributed by atoms with van der Waals surface area (Å²) in [5, 5.41) is 9.07. The number of aromatic nitrogens is 1. The lowest BCUT2D eigenvalue weighted by atomic mass is 10.2. The quantitative estimate of drug-likeness (QED) is 0.869. The zero-order chi connectivity index (χ0) is 13.7. The van der Waals surface area contributed by atoms with Crippen LogP contribution in [0, 0.1) is 0 Å². The van der Waals surface area contributed by atoms with E-state index >= 15 is 0 Å². The summed E-state index contributed by atoms with van der Waals surface area (Å²) in [6.07, 6.45) is 3.34. The highest BCUT2D eigenvalue weighted by Crippen LogP contribution is 2.28. The lowest BCUT2D eigenvalue weighted by Crippen LogP contribution is -2.00. The van der Waals surface area contributed by atoms with Gasteiger partial charge >= 0.3 is 5.97 Å². The number of carbonyl (C=O) groups excluding carboxylic acids is 1. The highest BCUT2D eigenvalue weighted by molar-refractivity contribution is 7.99. The van der Waals surface area contributed by atoms with Gasteiger partial charge in [0.1, 0.15) is 0 Å². The molecule has 19 heavy (non-hydrogen) atoms. The second-order valence-corrected chi connectivity index (χ2v) is 4.96. The van der Waals surface area contributed by atoms with Crippen LogP contribution in [0.3, 0.4) is 0 Å². The van der Waals surface area contributed by atoms with Crippen LogP contribution in [0.25, 0.3) is 0 Å². The highest BCUT2D eigenvalue weighted by atomic mass is 32.2. The van der Waals surface area contributed by atoms with Crippen molar-refractivity contribution < 1.29 is 14.6 Å². The Morgan fingerprint density at radius 1 is 1.32 bits per heavy atom. The van der Waals surface area contributed by atoms with E-state index in [1.165, 1.54) is 18.9 Å². The van der Waals surface area contributed by atoms with Crippen LogP contribution in [-0.2, 0) is 11.3 Å². The van der Waals surface area contributed by atoms with Crippen molar-refractivity contribution in [1.82, 2.24) is 4.98 Å². The number of rotatable bonds is 4. The largest absolute Gasteiger partial charge is 0.465 e. The van der Waals surface area contributed by atoms with Crippen molar-refractivity contribution in [2.75, 3.05) is 7.11 Å². The number of carbonyl (C=O) groups is 1. The molecule has 4 nitrogen and oxygen atoms in total. The third kappa shape index (κ3) is 3.56. The smallest absolute Gasteiger partial charge is 0.337 e. The van der Waals surface area contributed by atoms with Crippen LogP contribution in [0.1, 0.15) is 15.9 Å². The van der Waals surface area contributed by atoms with Crippen molar-refractivity contribution in [3.63, 3.8) is 0 Å². The molecule has 0 saturated heterocycles. The van der Waals surface area contributed by atoms with Gasteiger partial charge in [-0.15, -0.1) is 0 Å². The Kier molecular flexibility index (Phi) is 4.54. The van der Waals surface area contributed by atoms with Crippen molar-refractivity contribution >= 4 is 17.7 Å². The van der Waals surface area contributed by atoms with Gasteiger partial charge in [-0.2, -0.15) is 0 Å². The number of pyridine rings is 1. The summed E-state index contributed by atoms with van der Waals surface area (Å²) < 4.78 is 4.68. The van der Waals surface area contributed by atoms with Gasteiger partial charge < -0.3 is 9.84 Å². The highest BCUT2D eigenvalue weighted by Gasteiger charge is 2.06. The number of hydrogen-bond donors (Lipinski definition) is 1. The maximum absolute atomic E-state index is 11.4. The molecular weight excluding hydrogens is 262 g/mol. The fourth-order valence-corrected chi connectivity index (χ4v) is 2.48. The number of aliphatic hydroxyl groups is 1. The van der Waals surface area contributed by atoms with Crippen LogP contribution >= 0.6 is 11.8 Å². The lowest BCUT2D eigenvalue weighted by Gasteiger charge is -2.05. The molecule has 0 radical (unpaired) electrons. The SMILES string of the molecule is COC(=O)c1cccc(Sc2cncc(CO)c2)c1. The second-order valence-electron chi connectivity index (χ2n) is 3.81. The van der Waals surface area contributed by atoms with E-state index in [0.717, 1.165) is 15.4 Å². The number of hydrogen-bond acceptors (Lipinski definition) is 5. The zero-order valence-corrected chi connectivity index (χ0v) is 11.2. The predicted octanol–water partition coefficient (Wildman–Crippen LogP) is 2.51. The van der Waals surface area contributed by atoms with Crippen LogP contribution in [0.4, 0.5) is 0 Å². The minimum atomic E-state index is -0.357. The average Bonchev–Trinajstić information content (AvgIpc) is 2.47. The van der Waals surface area contributed by atoms with Crippen molar-refractivity contribution in [3.8, 4) is 0 Å². The molecule has 1 heterocycles. The van der Waals surface area contributed by atoms with E-state index < -0.39 is 0 Å². The number of nitrogens with zero attached hydrogens (tertiary/aromatic N) is 1. The molecule has 0 spiro atoms. The van der Waals surface area contributed by atoms with Crippen LogP contribution in [0.5, 0.6) is 0 Å². The summed E-state index contributed by atoms with van der Waals surface area (Å²) >= 11 is 1.48.